The van der Waals surface area contributed by atoms with E-state index in [1.165, 1.54) is 6.07 Å². The molecule has 1 aliphatic rings. The highest BCUT2D eigenvalue weighted by Gasteiger charge is 2.31. The number of fused-ring (bicyclic) bond motifs is 3. The third kappa shape index (κ3) is 3.76. The van der Waals surface area contributed by atoms with Crippen molar-refractivity contribution in [1.29, 1.82) is 0 Å². The van der Waals surface area contributed by atoms with Crippen molar-refractivity contribution in [2.24, 2.45) is 0 Å². The van der Waals surface area contributed by atoms with Crippen molar-refractivity contribution in [3.63, 3.8) is 0 Å². The van der Waals surface area contributed by atoms with Crippen molar-refractivity contribution < 1.29 is 18.8 Å². The zero-order chi connectivity index (χ0) is 25.7. The van der Waals surface area contributed by atoms with Gasteiger partial charge in [-0.25, -0.2) is 0 Å². The number of benzene rings is 4. The van der Waals surface area contributed by atoms with Crippen LogP contribution in [0.4, 0.5) is 5.69 Å². The Morgan fingerprint density at radius 1 is 0.730 bits per heavy atom. The van der Waals surface area contributed by atoms with Gasteiger partial charge in [0.15, 0.2) is 17.0 Å². The van der Waals surface area contributed by atoms with Gasteiger partial charge < -0.3 is 9.73 Å². The summed E-state index contributed by atoms with van der Waals surface area (Å²) < 4.78 is 5.92. The molecule has 37 heavy (non-hydrogen) atoms. The molecular weight excluding hydrogens is 466 g/mol. The van der Waals surface area contributed by atoms with Crippen LogP contribution in [0.3, 0.4) is 0 Å². The second-order valence-corrected chi connectivity index (χ2v) is 8.94. The molecule has 1 N–H and O–H groups in total. The van der Waals surface area contributed by atoms with E-state index in [-0.39, 0.29) is 33.8 Å². The summed E-state index contributed by atoms with van der Waals surface area (Å²) in [6, 6.07) is 25.0. The van der Waals surface area contributed by atoms with Crippen LogP contribution in [-0.2, 0) is 0 Å². The lowest BCUT2D eigenvalue weighted by molar-refractivity contribution is 0.0978. The van der Waals surface area contributed by atoms with Gasteiger partial charge in [0, 0.05) is 33.9 Å². The molecule has 0 atom stereocenters. The Kier molecular flexibility index (Phi) is 5.16. The van der Waals surface area contributed by atoms with Crippen LogP contribution < -0.4 is 10.7 Å². The van der Waals surface area contributed by atoms with Crippen molar-refractivity contribution in [3.8, 4) is 11.3 Å². The first-order valence-corrected chi connectivity index (χ1v) is 11.7. The molecule has 0 unspecified atom stereocenters. The summed E-state index contributed by atoms with van der Waals surface area (Å²) in [5, 5.41) is 3.30. The number of hydrogen-bond donors (Lipinski definition) is 1. The Bertz CT molecular complexity index is 1830. The summed E-state index contributed by atoms with van der Waals surface area (Å²) in [4.78, 5) is 51.8. The van der Waals surface area contributed by atoms with Crippen LogP contribution in [0.2, 0.25) is 0 Å². The molecule has 5 aromatic rings. The molecule has 0 spiro atoms. The maximum absolute atomic E-state index is 13.2. The van der Waals surface area contributed by atoms with Crippen LogP contribution in [0.1, 0.15) is 47.8 Å². The van der Waals surface area contributed by atoms with Gasteiger partial charge in [0.2, 0.25) is 0 Å². The summed E-state index contributed by atoms with van der Waals surface area (Å²) in [5.74, 6) is -0.599. The van der Waals surface area contributed by atoms with E-state index in [0.29, 0.717) is 39.0 Å². The largest absolute Gasteiger partial charge is 0.456 e. The molecule has 1 amide bonds. The SMILES string of the molecule is Cc1ccc2oc(-c3ccc(C(=O)Nc4cccc5c4C(=O)c4ccccc4C5=O)cc3)cc(=O)c2c1. The lowest BCUT2D eigenvalue weighted by Gasteiger charge is -2.20. The van der Waals surface area contributed by atoms with Crippen molar-refractivity contribution in [1.82, 2.24) is 0 Å². The quantitative estimate of drug-likeness (QED) is 0.342. The molecule has 0 radical (unpaired) electrons. The van der Waals surface area contributed by atoms with Crippen molar-refractivity contribution in [2.45, 2.75) is 6.92 Å². The van der Waals surface area contributed by atoms with E-state index in [1.54, 1.807) is 78.9 Å². The van der Waals surface area contributed by atoms with E-state index >= 15 is 0 Å². The van der Waals surface area contributed by atoms with Crippen LogP contribution in [0.5, 0.6) is 0 Å². The molecule has 6 nitrogen and oxygen atoms in total. The minimum absolute atomic E-state index is 0.142. The van der Waals surface area contributed by atoms with E-state index in [1.807, 2.05) is 13.0 Å². The number of carbonyl (C=O) groups is 3. The fraction of sp³-hybridized carbons (Fsp3) is 0.0323. The van der Waals surface area contributed by atoms with E-state index in [2.05, 4.69) is 5.32 Å². The zero-order valence-corrected chi connectivity index (χ0v) is 19.7. The summed E-state index contributed by atoms with van der Waals surface area (Å²) in [6.07, 6.45) is 0. The van der Waals surface area contributed by atoms with Gasteiger partial charge in [0.25, 0.3) is 5.91 Å². The fourth-order valence-corrected chi connectivity index (χ4v) is 4.64. The first kappa shape index (κ1) is 22.4. The summed E-state index contributed by atoms with van der Waals surface area (Å²) in [6.45, 7) is 1.91. The number of ketones is 2. The van der Waals surface area contributed by atoms with Gasteiger partial charge in [0.05, 0.1) is 16.6 Å². The summed E-state index contributed by atoms with van der Waals surface area (Å²) >= 11 is 0. The molecule has 6 heteroatoms. The maximum atomic E-state index is 13.2. The number of aryl methyl sites for hydroxylation is 1. The van der Waals surface area contributed by atoms with Crippen LogP contribution in [-0.4, -0.2) is 17.5 Å². The Hall–Kier alpha value is -5.10. The van der Waals surface area contributed by atoms with Crippen LogP contribution in [0, 0.1) is 6.92 Å². The Morgan fingerprint density at radius 2 is 1.43 bits per heavy atom. The highest BCUT2D eigenvalue weighted by molar-refractivity contribution is 6.30. The molecule has 0 fully saturated rings. The number of amides is 1. The lowest BCUT2D eigenvalue weighted by atomic mass is 9.83. The average molecular weight is 485 g/mol. The highest BCUT2D eigenvalue weighted by atomic mass is 16.3. The van der Waals surface area contributed by atoms with E-state index < -0.39 is 5.91 Å². The zero-order valence-electron chi connectivity index (χ0n) is 19.7. The smallest absolute Gasteiger partial charge is 0.255 e. The second kappa shape index (κ2) is 8.53. The van der Waals surface area contributed by atoms with Crippen molar-refractivity contribution >= 4 is 34.1 Å². The van der Waals surface area contributed by atoms with Gasteiger partial charge in [-0.1, -0.05) is 60.2 Å². The Morgan fingerprint density at radius 3 is 2.19 bits per heavy atom. The first-order valence-electron chi connectivity index (χ1n) is 11.7. The van der Waals surface area contributed by atoms with Crippen LogP contribution in [0.15, 0.2) is 100 Å². The molecule has 1 aliphatic carbocycles. The van der Waals surface area contributed by atoms with Crippen molar-refractivity contribution in [2.75, 3.05) is 5.32 Å². The molecule has 0 aliphatic heterocycles. The van der Waals surface area contributed by atoms with E-state index in [0.717, 1.165) is 5.56 Å². The predicted molar refractivity (Wildman–Crippen MR) is 140 cm³/mol. The Labute approximate surface area is 211 Å². The standard InChI is InChI=1S/C31H19NO5/c1-17-9-14-26-23(15-17)25(33)16-27(37-26)18-10-12-19(13-11-18)31(36)32-24-8-4-7-22-28(24)30(35)21-6-3-2-5-20(21)29(22)34/h2-16H,1H3,(H,32,36). The number of rotatable bonds is 3. The first-order chi connectivity index (χ1) is 17.9. The van der Waals surface area contributed by atoms with Gasteiger partial charge >= 0.3 is 0 Å². The molecule has 0 saturated heterocycles. The third-order valence-corrected chi connectivity index (χ3v) is 6.51. The predicted octanol–water partition coefficient (Wildman–Crippen LogP) is 5.80. The number of nitrogens with one attached hydrogen (secondary N) is 1. The number of hydrogen-bond acceptors (Lipinski definition) is 5. The van der Waals surface area contributed by atoms with Gasteiger partial charge in [-0.3, -0.25) is 19.2 Å². The number of carbonyl (C=O) groups excluding carboxylic acids is 3. The van der Waals surface area contributed by atoms with Crippen LogP contribution in [0.25, 0.3) is 22.3 Å². The molecule has 6 rings (SSSR count). The second-order valence-electron chi connectivity index (χ2n) is 8.94. The average Bonchev–Trinajstić information content (AvgIpc) is 2.92. The van der Waals surface area contributed by atoms with Crippen molar-refractivity contribution in [3.05, 3.63) is 135 Å². The fourth-order valence-electron chi connectivity index (χ4n) is 4.64. The lowest BCUT2D eigenvalue weighted by Crippen LogP contribution is -2.23. The molecule has 178 valence electrons. The maximum Gasteiger partial charge on any atom is 0.255 e. The Balaban J connectivity index is 1.30. The molecular formula is C31H19NO5. The van der Waals surface area contributed by atoms with Crippen LogP contribution >= 0.6 is 0 Å². The normalized spacial score (nSPS) is 12.2. The minimum atomic E-state index is -0.436. The van der Waals surface area contributed by atoms with E-state index in [9.17, 15) is 19.2 Å². The summed E-state index contributed by atoms with van der Waals surface area (Å²) in [5.41, 5.74) is 3.70. The highest BCUT2D eigenvalue weighted by Crippen LogP contribution is 2.32. The molecule has 0 saturated carbocycles. The number of anilines is 1. The summed E-state index contributed by atoms with van der Waals surface area (Å²) in [7, 11) is 0. The molecule has 1 heterocycles. The van der Waals surface area contributed by atoms with E-state index in [4.69, 9.17) is 4.42 Å². The molecule has 4 aromatic carbocycles. The molecule has 1 aromatic heterocycles. The van der Waals surface area contributed by atoms with Gasteiger partial charge in [-0.05, 0) is 37.3 Å². The third-order valence-electron chi connectivity index (χ3n) is 6.51. The van der Waals surface area contributed by atoms with Gasteiger partial charge in [0.1, 0.15) is 11.3 Å². The molecule has 0 bridgehead atoms. The van der Waals surface area contributed by atoms with Gasteiger partial charge in [-0.15, -0.1) is 0 Å². The minimum Gasteiger partial charge on any atom is -0.456 e. The van der Waals surface area contributed by atoms with Gasteiger partial charge in [-0.2, -0.15) is 0 Å². The monoisotopic (exact) mass is 485 g/mol. The topological polar surface area (TPSA) is 93.4 Å².